The van der Waals surface area contributed by atoms with Gasteiger partial charge in [0.2, 0.25) is 11.8 Å². The molecule has 2 heterocycles. The first-order valence-corrected chi connectivity index (χ1v) is 6.49. The number of rotatable bonds is 5. The molecule has 1 aliphatic rings. The molecule has 1 saturated heterocycles. The van der Waals surface area contributed by atoms with Gasteiger partial charge in [-0.25, -0.2) is 0 Å². The second-order valence-corrected chi connectivity index (χ2v) is 4.58. The van der Waals surface area contributed by atoms with Crippen LogP contribution in [0, 0.1) is 0 Å². The van der Waals surface area contributed by atoms with Crippen LogP contribution < -0.4 is 5.73 Å². The lowest BCUT2D eigenvalue weighted by molar-refractivity contribution is 0.0105. The van der Waals surface area contributed by atoms with Crippen LogP contribution in [0.4, 0.5) is 0 Å². The van der Waals surface area contributed by atoms with Crippen LogP contribution in [0.3, 0.4) is 0 Å². The van der Waals surface area contributed by atoms with Crippen LogP contribution in [0.25, 0.3) is 0 Å². The van der Waals surface area contributed by atoms with Crippen molar-refractivity contribution in [3.8, 4) is 0 Å². The number of ether oxygens (including phenoxy) is 1. The molecule has 1 aliphatic heterocycles. The van der Waals surface area contributed by atoms with Crippen molar-refractivity contribution in [2.24, 2.45) is 5.73 Å². The quantitative estimate of drug-likeness (QED) is 0.850. The first-order chi connectivity index (χ1) is 8.29. The van der Waals surface area contributed by atoms with Gasteiger partial charge in [-0.05, 0) is 32.1 Å². The van der Waals surface area contributed by atoms with Crippen molar-refractivity contribution in [2.75, 3.05) is 6.61 Å². The van der Waals surface area contributed by atoms with E-state index < -0.39 is 0 Å². The maximum absolute atomic E-state index is 5.83. The first kappa shape index (κ1) is 12.5. The molecule has 2 atom stereocenters. The van der Waals surface area contributed by atoms with E-state index in [2.05, 4.69) is 10.2 Å². The zero-order chi connectivity index (χ0) is 12.1. The van der Waals surface area contributed by atoms with Crippen molar-refractivity contribution in [1.82, 2.24) is 10.2 Å². The lowest BCUT2D eigenvalue weighted by Gasteiger charge is -2.21. The molecule has 96 valence electrons. The number of nitrogens with zero attached hydrogens (tertiary/aromatic N) is 2. The largest absolute Gasteiger partial charge is 0.424 e. The van der Waals surface area contributed by atoms with Gasteiger partial charge in [0, 0.05) is 13.0 Å². The van der Waals surface area contributed by atoms with Crippen molar-refractivity contribution < 1.29 is 9.15 Å². The summed E-state index contributed by atoms with van der Waals surface area (Å²) in [6, 6.07) is -0.137. The molecule has 2 N–H and O–H groups in total. The Labute approximate surface area is 102 Å². The molecule has 0 amide bonds. The minimum absolute atomic E-state index is 0.137. The fraction of sp³-hybridized carbons (Fsp3) is 0.833. The minimum Gasteiger partial charge on any atom is -0.424 e. The van der Waals surface area contributed by atoms with Crippen molar-refractivity contribution in [1.29, 1.82) is 0 Å². The Morgan fingerprint density at radius 3 is 3.00 bits per heavy atom. The Bertz CT molecular complexity index is 334. The van der Waals surface area contributed by atoms with Crippen molar-refractivity contribution in [3.63, 3.8) is 0 Å². The predicted molar refractivity (Wildman–Crippen MR) is 63.4 cm³/mol. The van der Waals surface area contributed by atoms with Gasteiger partial charge >= 0.3 is 0 Å². The smallest absolute Gasteiger partial charge is 0.233 e. The summed E-state index contributed by atoms with van der Waals surface area (Å²) in [5.41, 5.74) is 5.83. The molecule has 1 aromatic rings. The normalized spacial score (nSPS) is 22.6. The van der Waals surface area contributed by atoms with E-state index in [1.165, 1.54) is 12.8 Å². The average molecular weight is 239 g/mol. The summed E-state index contributed by atoms with van der Waals surface area (Å²) in [7, 11) is 0. The lowest BCUT2D eigenvalue weighted by atomic mass is 10.0. The summed E-state index contributed by atoms with van der Waals surface area (Å²) in [5, 5.41) is 7.99. The van der Waals surface area contributed by atoms with Gasteiger partial charge in [0.1, 0.15) is 0 Å². The Balaban J connectivity index is 1.80. The average Bonchev–Trinajstić information content (AvgIpc) is 2.85. The number of aromatic nitrogens is 2. The first-order valence-electron chi connectivity index (χ1n) is 6.49. The van der Waals surface area contributed by atoms with Crippen LogP contribution in [0.2, 0.25) is 0 Å². The van der Waals surface area contributed by atoms with Crippen LogP contribution >= 0.6 is 0 Å². The molecule has 0 radical (unpaired) electrons. The predicted octanol–water partition coefficient (Wildman–Crippen LogP) is 1.98. The van der Waals surface area contributed by atoms with E-state index in [4.69, 9.17) is 14.9 Å². The molecule has 0 spiro atoms. The summed E-state index contributed by atoms with van der Waals surface area (Å²) < 4.78 is 11.2. The third-order valence-corrected chi connectivity index (χ3v) is 3.19. The van der Waals surface area contributed by atoms with Crippen molar-refractivity contribution >= 4 is 0 Å². The maximum atomic E-state index is 5.83. The zero-order valence-electron chi connectivity index (χ0n) is 10.4. The third kappa shape index (κ3) is 3.51. The van der Waals surface area contributed by atoms with Crippen LogP contribution in [0.1, 0.15) is 56.9 Å². The number of aryl methyl sites for hydroxylation is 1. The summed E-state index contributed by atoms with van der Waals surface area (Å²) >= 11 is 0. The summed E-state index contributed by atoms with van der Waals surface area (Å²) in [5.74, 6) is 1.23. The molecule has 0 bridgehead atoms. The van der Waals surface area contributed by atoms with E-state index in [1.807, 2.05) is 6.92 Å². The highest BCUT2D eigenvalue weighted by Crippen LogP contribution is 2.18. The monoisotopic (exact) mass is 239 g/mol. The zero-order valence-corrected chi connectivity index (χ0v) is 10.4. The molecular formula is C12H21N3O2. The van der Waals surface area contributed by atoms with Gasteiger partial charge in [-0.15, -0.1) is 10.2 Å². The molecule has 0 saturated carbocycles. The standard InChI is InChI=1S/C12H21N3O2/c1-2-10(13)12-15-14-11(17-12)7-6-9-5-3-4-8-16-9/h9-10H,2-8,13H2,1H3. The second kappa shape index (κ2) is 6.12. The van der Waals surface area contributed by atoms with Gasteiger partial charge in [-0.2, -0.15) is 0 Å². The summed E-state index contributed by atoms with van der Waals surface area (Å²) in [4.78, 5) is 0. The SMILES string of the molecule is CCC(N)c1nnc(CCC2CCCCO2)o1. The molecule has 17 heavy (non-hydrogen) atoms. The van der Waals surface area contributed by atoms with E-state index in [1.54, 1.807) is 0 Å². The Hall–Kier alpha value is -0.940. The Morgan fingerprint density at radius 2 is 2.29 bits per heavy atom. The van der Waals surface area contributed by atoms with E-state index in [0.29, 0.717) is 17.9 Å². The number of hydrogen-bond donors (Lipinski definition) is 1. The fourth-order valence-electron chi connectivity index (χ4n) is 2.01. The van der Waals surface area contributed by atoms with Gasteiger partial charge in [-0.3, -0.25) is 0 Å². The van der Waals surface area contributed by atoms with E-state index in [9.17, 15) is 0 Å². The summed E-state index contributed by atoms with van der Waals surface area (Å²) in [6.07, 6.45) is 6.52. The third-order valence-electron chi connectivity index (χ3n) is 3.19. The molecule has 2 unspecified atom stereocenters. The van der Waals surface area contributed by atoms with Crippen molar-refractivity contribution in [3.05, 3.63) is 11.8 Å². The Morgan fingerprint density at radius 1 is 1.41 bits per heavy atom. The minimum atomic E-state index is -0.137. The molecule has 5 nitrogen and oxygen atoms in total. The van der Waals surface area contributed by atoms with Gasteiger partial charge in [0.15, 0.2) is 0 Å². The van der Waals surface area contributed by atoms with Crippen LogP contribution in [-0.4, -0.2) is 22.9 Å². The topological polar surface area (TPSA) is 74.2 Å². The highest BCUT2D eigenvalue weighted by molar-refractivity contribution is 4.88. The molecule has 0 aromatic carbocycles. The van der Waals surface area contributed by atoms with Crippen LogP contribution in [0.5, 0.6) is 0 Å². The number of nitrogens with two attached hydrogens (primary N) is 1. The maximum Gasteiger partial charge on any atom is 0.233 e. The summed E-state index contributed by atoms with van der Waals surface area (Å²) in [6.45, 7) is 2.89. The highest BCUT2D eigenvalue weighted by Gasteiger charge is 2.16. The van der Waals surface area contributed by atoms with Gasteiger partial charge in [0.25, 0.3) is 0 Å². The highest BCUT2D eigenvalue weighted by atomic mass is 16.5. The fourth-order valence-corrected chi connectivity index (χ4v) is 2.01. The van der Waals surface area contributed by atoms with Gasteiger partial charge < -0.3 is 14.9 Å². The van der Waals surface area contributed by atoms with Crippen LogP contribution in [-0.2, 0) is 11.2 Å². The van der Waals surface area contributed by atoms with E-state index in [-0.39, 0.29) is 6.04 Å². The second-order valence-electron chi connectivity index (χ2n) is 4.58. The lowest BCUT2D eigenvalue weighted by Crippen LogP contribution is -2.19. The molecular weight excluding hydrogens is 218 g/mol. The van der Waals surface area contributed by atoms with E-state index in [0.717, 1.165) is 32.3 Å². The number of hydrogen-bond acceptors (Lipinski definition) is 5. The molecule has 5 heteroatoms. The molecule has 1 fully saturated rings. The van der Waals surface area contributed by atoms with Gasteiger partial charge in [-0.1, -0.05) is 6.92 Å². The van der Waals surface area contributed by atoms with Gasteiger partial charge in [0.05, 0.1) is 12.1 Å². The Kier molecular flexibility index (Phi) is 4.50. The molecule has 0 aliphatic carbocycles. The van der Waals surface area contributed by atoms with E-state index >= 15 is 0 Å². The molecule has 2 rings (SSSR count). The molecule has 1 aromatic heterocycles. The van der Waals surface area contributed by atoms with Crippen molar-refractivity contribution in [2.45, 2.75) is 57.6 Å². The van der Waals surface area contributed by atoms with Crippen LogP contribution in [0.15, 0.2) is 4.42 Å².